The lowest BCUT2D eigenvalue weighted by molar-refractivity contribution is 0.772. The van der Waals surface area contributed by atoms with Crippen LogP contribution in [-0.4, -0.2) is 9.55 Å². The number of aromatic nitrogens is 2. The van der Waals surface area contributed by atoms with E-state index in [9.17, 15) is 0 Å². The molecule has 0 aliphatic heterocycles. The molecule has 0 atom stereocenters. The predicted molar refractivity (Wildman–Crippen MR) is 79.8 cm³/mol. The quantitative estimate of drug-likeness (QED) is 0.875. The molecule has 2 rings (SSSR count). The van der Waals surface area contributed by atoms with Crippen molar-refractivity contribution < 1.29 is 0 Å². The van der Waals surface area contributed by atoms with Crippen molar-refractivity contribution in [1.29, 1.82) is 5.41 Å². The Balaban J connectivity index is 2.16. The first-order valence-corrected chi connectivity index (χ1v) is 7.37. The van der Waals surface area contributed by atoms with Crippen molar-refractivity contribution in [3.63, 3.8) is 0 Å². The molecule has 0 spiro atoms. The Morgan fingerprint density at radius 2 is 2.05 bits per heavy atom. The van der Waals surface area contributed by atoms with Crippen LogP contribution in [0.2, 0.25) is 10.0 Å². The zero-order valence-corrected chi connectivity index (χ0v) is 12.9. The van der Waals surface area contributed by atoms with E-state index in [4.69, 9.17) is 28.6 Å². The normalized spacial score (nSPS) is 10.7. The van der Waals surface area contributed by atoms with Gasteiger partial charge in [-0.1, -0.05) is 23.2 Å². The summed E-state index contributed by atoms with van der Waals surface area (Å²) in [6.45, 7) is 1.88. The van der Waals surface area contributed by atoms with Crippen LogP contribution >= 0.6 is 35.0 Å². The topological polar surface area (TPSA) is 41.7 Å². The van der Waals surface area contributed by atoms with Gasteiger partial charge >= 0.3 is 0 Å². The molecule has 1 aromatic carbocycles. The fourth-order valence-corrected chi connectivity index (χ4v) is 2.80. The Morgan fingerprint density at radius 3 is 2.74 bits per heavy atom. The summed E-state index contributed by atoms with van der Waals surface area (Å²) < 4.78 is 1.92. The van der Waals surface area contributed by atoms with Gasteiger partial charge in [-0.15, -0.1) is 11.8 Å². The van der Waals surface area contributed by atoms with Crippen molar-refractivity contribution in [2.24, 2.45) is 7.05 Å². The molecule has 6 heteroatoms. The third-order valence-electron chi connectivity index (χ3n) is 2.72. The number of halogens is 2. The van der Waals surface area contributed by atoms with Crippen LogP contribution in [0.3, 0.4) is 0 Å². The highest BCUT2D eigenvalue weighted by Crippen LogP contribution is 2.29. The van der Waals surface area contributed by atoms with Gasteiger partial charge in [-0.3, -0.25) is 5.41 Å². The van der Waals surface area contributed by atoms with Gasteiger partial charge in [0.2, 0.25) is 0 Å². The van der Waals surface area contributed by atoms with Crippen molar-refractivity contribution in [2.45, 2.75) is 17.6 Å². The molecule has 0 amide bonds. The fraction of sp³-hybridized carbons (Fsp3) is 0.231. The van der Waals surface area contributed by atoms with Crippen molar-refractivity contribution in [2.75, 3.05) is 0 Å². The molecule has 0 aliphatic carbocycles. The molecule has 3 nitrogen and oxygen atoms in total. The highest BCUT2D eigenvalue weighted by molar-refractivity contribution is 7.98. The van der Waals surface area contributed by atoms with Crippen molar-refractivity contribution in [1.82, 2.24) is 9.55 Å². The number of hydrogen-bond acceptors (Lipinski definition) is 3. The first-order chi connectivity index (χ1) is 8.97. The number of aryl methyl sites for hydroxylation is 2. The van der Waals surface area contributed by atoms with Gasteiger partial charge in [-0.25, -0.2) is 4.98 Å². The summed E-state index contributed by atoms with van der Waals surface area (Å²) in [5.41, 5.74) is 1.22. The molecular weight excluding hydrogens is 301 g/mol. The maximum atomic E-state index is 7.87. The lowest BCUT2D eigenvalue weighted by atomic mass is 10.3. The third kappa shape index (κ3) is 3.53. The second-order valence-electron chi connectivity index (χ2n) is 4.14. The predicted octanol–water partition coefficient (Wildman–Crippen LogP) is 3.81. The fourth-order valence-electron chi connectivity index (χ4n) is 1.53. The first kappa shape index (κ1) is 14.4. The van der Waals surface area contributed by atoms with Crippen molar-refractivity contribution >= 4 is 35.0 Å². The number of thioether (sulfide) groups is 1. The third-order valence-corrected chi connectivity index (χ3v) is 4.50. The summed E-state index contributed by atoms with van der Waals surface area (Å²) in [6.07, 6.45) is 1.94. The molecule has 0 fully saturated rings. The van der Waals surface area contributed by atoms with E-state index in [0.29, 0.717) is 21.3 Å². The van der Waals surface area contributed by atoms with Gasteiger partial charge in [0.05, 0.1) is 10.0 Å². The molecule has 0 saturated carbocycles. The van der Waals surface area contributed by atoms with Crippen LogP contribution in [0.25, 0.3) is 0 Å². The van der Waals surface area contributed by atoms with Gasteiger partial charge in [0, 0.05) is 29.5 Å². The SMILES string of the molecule is Cc1nc(=N)c(CSc2ccc(Cl)c(Cl)c2)cn1C. The van der Waals surface area contributed by atoms with Crippen molar-refractivity contribution in [3.8, 4) is 0 Å². The smallest absolute Gasteiger partial charge is 0.152 e. The van der Waals surface area contributed by atoms with E-state index in [1.165, 1.54) is 0 Å². The highest BCUT2D eigenvalue weighted by atomic mass is 35.5. The average Bonchev–Trinajstić information content (AvgIpc) is 2.36. The molecule has 1 heterocycles. The molecule has 1 N–H and O–H groups in total. The van der Waals surface area contributed by atoms with Gasteiger partial charge < -0.3 is 4.57 Å². The maximum Gasteiger partial charge on any atom is 0.152 e. The van der Waals surface area contributed by atoms with E-state index in [1.54, 1.807) is 17.8 Å². The lowest BCUT2D eigenvalue weighted by Crippen LogP contribution is -2.17. The summed E-state index contributed by atoms with van der Waals surface area (Å²) in [5.74, 6) is 1.51. The number of nitrogens with one attached hydrogen (secondary N) is 1. The van der Waals surface area contributed by atoms with Gasteiger partial charge in [0.25, 0.3) is 0 Å². The lowest BCUT2D eigenvalue weighted by Gasteiger charge is -2.07. The summed E-state index contributed by atoms with van der Waals surface area (Å²) in [7, 11) is 1.93. The van der Waals surface area contributed by atoms with Crippen LogP contribution in [-0.2, 0) is 12.8 Å². The Hall–Kier alpha value is -0.970. The largest absolute Gasteiger partial charge is 0.339 e. The summed E-state index contributed by atoms with van der Waals surface area (Å²) >= 11 is 13.5. The number of benzene rings is 1. The molecular formula is C13H13Cl2N3S. The molecule has 0 aliphatic rings. The van der Waals surface area contributed by atoms with Gasteiger partial charge in [-0.2, -0.15) is 0 Å². The van der Waals surface area contributed by atoms with E-state index < -0.39 is 0 Å². The molecule has 0 bridgehead atoms. The van der Waals surface area contributed by atoms with Gasteiger partial charge in [0.15, 0.2) is 5.49 Å². The minimum atomic E-state index is 0.322. The molecule has 100 valence electrons. The van der Waals surface area contributed by atoms with Crippen molar-refractivity contribution in [3.05, 3.63) is 51.3 Å². The molecule has 2 aromatic rings. The maximum absolute atomic E-state index is 7.87. The zero-order valence-electron chi connectivity index (χ0n) is 10.6. The average molecular weight is 314 g/mol. The van der Waals surface area contributed by atoms with Crippen LogP contribution in [0.5, 0.6) is 0 Å². The Labute approximate surface area is 126 Å². The Bertz CT molecular complexity index is 667. The molecule has 1 aromatic heterocycles. The van der Waals surface area contributed by atoms with E-state index in [0.717, 1.165) is 16.3 Å². The Morgan fingerprint density at radius 1 is 1.32 bits per heavy atom. The van der Waals surface area contributed by atoms with Crippen LogP contribution < -0.4 is 5.49 Å². The second kappa shape index (κ2) is 5.99. The standard InChI is InChI=1S/C13H13Cl2N3S/c1-8-17-13(16)9(6-18(8)2)7-19-10-3-4-11(14)12(15)5-10/h3-6,16H,7H2,1-2H3. The Kier molecular flexibility index (Phi) is 4.55. The molecule has 0 saturated heterocycles. The molecule has 0 radical (unpaired) electrons. The number of hydrogen-bond donors (Lipinski definition) is 1. The minimum Gasteiger partial charge on any atom is -0.339 e. The van der Waals surface area contributed by atoms with E-state index in [2.05, 4.69) is 4.98 Å². The first-order valence-electron chi connectivity index (χ1n) is 5.63. The number of nitrogens with zero attached hydrogens (tertiary/aromatic N) is 2. The van der Waals surface area contributed by atoms with Crippen LogP contribution in [0, 0.1) is 12.3 Å². The second-order valence-corrected chi connectivity index (χ2v) is 6.00. The highest BCUT2D eigenvalue weighted by Gasteiger charge is 2.04. The molecule has 19 heavy (non-hydrogen) atoms. The summed E-state index contributed by atoms with van der Waals surface area (Å²) in [5, 5.41) is 8.96. The van der Waals surface area contributed by atoms with Crippen LogP contribution in [0.15, 0.2) is 29.3 Å². The van der Waals surface area contributed by atoms with Crippen LogP contribution in [0.4, 0.5) is 0 Å². The number of rotatable bonds is 3. The van der Waals surface area contributed by atoms with E-state index in [1.807, 2.05) is 36.9 Å². The summed E-state index contributed by atoms with van der Waals surface area (Å²) in [6, 6.07) is 5.53. The zero-order chi connectivity index (χ0) is 14.0. The van der Waals surface area contributed by atoms with Gasteiger partial charge in [-0.05, 0) is 25.1 Å². The van der Waals surface area contributed by atoms with Gasteiger partial charge in [0.1, 0.15) is 5.82 Å². The summed E-state index contributed by atoms with van der Waals surface area (Å²) in [4.78, 5) is 5.21. The monoisotopic (exact) mass is 313 g/mol. The molecule has 0 unspecified atom stereocenters. The van der Waals surface area contributed by atoms with E-state index >= 15 is 0 Å². The minimum absolute atomic E-state index is 0.322. The van der Waals surface area contributed by atoms with Crippen LogP contribution in [0.1, 0.15) is 11.4 Å². The van der Waals surface area contributed by atoms with E-state index in [-0.39, 0.29) is 0 Å².